The van der Waals surface area contributed by atoms with Crippen molar-refractivity contribution >= 4 is 19.2 Å². The smallest absolute Gasteiger partial charge is 0.279 e. The van der Waals surface area contributed by atoms with Gasteiger partial charge in [-0.05, 0) is 49.0 Å². The summed E-state index contributed by atoms with van der Waals surface area (Å²) in [6, 6.07) is 4.08. The van der Waals surface area contributed by atoms with E-state index in [9.17, 15) is 0 Å². The Balaban J connectivity index is 2.54. The van der Waals surface area contributed by atoms with Gasteiger partial charge in [0, 0.05) is 12.4 Å². The fourth-order valence-corrected chi connectivity index (χ4v) is 1.70. The molecule has 79 valence electrons. The molecule has 2 nitrogen and oxygen atoms in total. The monoisotopic (exact) mass is 209 g/mol. The maximum Gasteiger partial charge on any atom is 0.279 e. The lowest BCUT2D eigenvalue weighted by atomic mass is 9.83. The molecule has 1 aliphatic rings. The highest BCUT2D eigenvalue weighted by atomic mass is 14.7. The number of hydrogen-bond donors (Lipinski definition) is 0. The van der Waals surface area contributed by atoms with Gasteiger partial charge in [-0.25, -0.2) is 0 Å². The van der Waals surface area contributed by atoms with Crippen molar-refractivity contribution in [3.05, 3.63) is 47.3 Å². The molecule has 0 fully saturated rings. The van der Waals surface area contributed by atoms with Crippen LogP contribution in [0.4, 0.5) is 0 Å². The van der Waals surface area contributed by atoms with Gasteiger partial charge in [0.05, 0.1) is 5.69 Å². The maximum atomic E-state index is 4.46. The lowest BCUT2D eigenvalue weighted by Crippen LogP contribution is -2.02. The van der Waals surface area contributed by atoms with Gasteiger partial charge in [-0.2, -0.15) is 0 Å². The van der Waals surface area contributed by atoms with E-state index < -0.39 is 0 Å². The zero-order valence-electron chi connectivity index (χ0n) is 9.64. The fourth-order valence-electron chi connectivity index (χ4n) is 1.70. The molecule has 2 heterocycles. The predicted molar refractivity (Wildman–Crippen MR) is 69.6 cm³/mol. The summed E-state index contributed by atoms with van der Waals surface area (Å²) in [5.74, 6) is 0. The van der Waals surface area contributed by atoms with Gasteiger partial charge in [-0.1, -0.05) is 12.1 Å². The van der Waals surface area contributed by atoms with E-state index in [0.29, 0.717) is 0 Å². The van der Waals surface area contributed by atoms with Crippen molar-refractivity contribution in [2.24, 2.45) is 4.90 Å². The average molecular weight is 209 g/mol. The molecule has 0 aromatic carbocycles. The summed E-state index contributed by atoms with van der Waals surface area (Å²) < 4.78 is 0. The van der Waals surface area contributed by atoms with Gasteiger partial charge in [0.2, 0.25) is 0 Å². The molecule has 3 heteroatoms. The van der Waals surface area contributed by atoms with Gasteiger partial charge < -0.3 is 4.90 Å². The molecule has 16 heavy (non-hydrogen) atoms. The normalized spacial score (nSPS) is 15.6. The highest BCUT2D eigenvalue weighted by Crippen LogP contribution is 2.21. The number of allylic oxidation sites excluding steroid dienone is 4. The predicted octanol–water partition coefficient (Wildman–Crippen LogP) is 2.63. The van der Waals surface area contributed by atoms with Crippen molar-refractivity contribution in [1.29, 1.82) is 0 Å². The first kappa shape index (κ1) is 10.9. The van der Waals surface area contributed by atoms with Gasteiger partial charge in [0.25, 0.3) is 7.41 Å². The Morgan fingerprint density at radius 3 is 3.06 bits per heavy atom. The number of aromatic nitrogens is 1. The minimum atomic E-state index is 0.831. The van der Waals surface area contributed by atoms with Crippen LogP contribution in [0.3, 0.4) is 0 Å². The van der Waals surface area contributed by atoms with Crippen LogP contribution in [0.1, 0.15) is 25.1 Å². The lowest BCUT2D eigenvalue weighted by Gasteiger charge is -2.10. The van der Waals surface area contributed by atoms with Gasteiger partial charge in [-0.3, -0.25) is 4.98 Å². The van der Waals surface area contributed by atoms with E-state index in [2.05, 4.69) is 35.9 Å². The van der Waals surface area contributed by atoms with Crippen molar-refractivity contribution in [3.8, 4) is 0 Å². The second kappa shape index (κ2) is 4.93. The zero-order valence-corrected chi connectivity index (χ0v) is 9.64. The zero-order chi connectivity index (χ0) is 11.4. The Hall–Kier alpha value is -1.64. The van der Waals surface area contributed by atoms with Crippen LogP contribution in [0.15, 0.2) is 41.0 Å². The first-order valence-electron chi connectivity index (χ1n) is 5.42. The van der Waals surface area contributed by atoms with Crippen LogP contribution in [-0.4, -0.2) is 18.6 Å². The minimum Gasteiger partial charge on any atom is -0.355 e. The molecule has 1 aromatic rings. The van der Waals surface area contributed by atoms with E-state index in [-0.39, 0.29) is 0 Å². The first-order chi connectivity index (χ1) is 7.79. The third-order valence-corrected chi connectivity index (χ3v) is 2.77. The van der Waals surface area contributed by atoms with E-state index in [1.165, 1.54) is 16.7 Å². The van der Waals surface area contributed by atoms with E-state index in [1.807, 2.05) is 32.0 Å². The van der Waals surface area contributed by atoms with Crippen LogP contribution in [-0.2, 0) is 6.32 Å². The highest BCUT2D eigenvalue weighted by molar-refractivity contribution is 6.34. The Morgan fingerprint density at radius 2 is 2.19 bits per heavy atom. The van der Waals surface area contributed by atoms with E-state index in [0.717, 1.165) is 12.0 Å². The molecule has 1 aliphatic heterocycles. The molecule has 0 aliphatic carbocycles. The molecule has 1 radical (unpaired) electrons. The van der Waals surface area contributed by atoms with Crippen molar-refractivity contribution < 1.29 is 0 Å². The average Bonchev–Trinajstić information content (AvgIpc) is 2.32. The van der Waals surface area contributed by atoms with Crippen LogP contribution in [0.5, 0.6) is 0 Å². The molecular formula is C13H14BN2. The summed E-state index contributed by atoms with van der Waals surface area (Å²) in [5, 5.41) is 0. The quantitative estimate of drug-likeness (QED) is 0.603. The van der Waals surface area contributed by atoms with Gasteiger partial charge in [-0.15, -0.1) is 0 Å². The topological polar surface area (TPSA) is 25.2 Å². The second-order valence-corrected chi connectivity index (χ2v) is 3.86. The minimum absolute atomic E-state index is 0.831. The third-order valence-electron chi connectivity index (χ3n) is 2.77. The van der Waals surface area contributed by atoms with Crippen molar-refractivity contribution in [3.63, 3.8) is 0 Å². The lowest BCUT2D eigenvalue weighted by molar-refractivity contribution is 1.18. The number of fused-ring (bicyclic) bond motifs is 1. The summed E-state index contributed by atoms with van der Waals surface area (Å²) >= 11 is 0. The Bertz CT molecular complexity index is 473. The van der Waals surface area contributed by atoms with E-state index in [1.54, 1.807) is 0 Å². The van der Waals surface area contributed by atoms with Crippen LogP contribution in [0, 0.1) is 0 Å². The van der Waals surface area contributed by atoms with Gasteiger partial charge in [0.15, 0.2) is 0 Å². The van der Waals surface area contributed by atoms with Crippen LogP contribution >= 0.6 is 0 Å². The maximum absolute atomic E-state index is 4.46. The molecule has 0 saturated heterocycles. The first-order valence-corrected chi connectivity index (χ1v) is 5.42. The van der Waals surface area contributed by atoms with Gasteiger partial charge in [0.1, 0.15) is 0 Å². The summed E-state index contributed by atoms with van der Waals surface area (Å²) in [7, 11) is 1.92. The molecule has 0 amide bonds. The standard InChI is InChI=1S/C13H14BN2/c1-10-5-3-8-16-14-9-12-6-4-7-15-13(12)11(10)2/h3-8H,9H2,1-2H3. The summed E-state index contributed by atoms with van der Waals surface area (Å²) in [4.78, 5) is 8.66. The van der Waals surface area contributed by atoms with E-state index >= 15 is 0 Å². The Labute approximate surface area is 97.1 Å². The molecule has 0 atom stereocenters. The molecule has 1 aromatic heterocycles. The molecule has 0 spiro atoms. The van der Waals surface area contributed by atoms with Crippen molar-refractivity contribution in [2.45, 2.75) is 20.2 Å². The summed E-state index contributed by atoms with van der Waals surface area (Å²) in [6.45, 7) is 4.22. The van der Waals surface area contributed by atoms with Crippen LogP contribution in [0.2, 0.25) is 0 Å². The number of rotatable bonds is 0. The molecule has 0 bridgehead atoms. The number of nitrogens with zero attached hydrogens (tertiary/aromatic N) is 2. The molecule has 0 saturated carbocycles. The van der Waals surface area contributed by atoms with Crippen LogP contribution in [0.25, 0.3) is 5.57 Å². The SMILES string of the molecule is CC1=C(C)c2ncccc2C[B]N=CC=C1. The van der Waals surface area contributed by atoms with E-state index in [4.69, 9.17) is 0 Å². The largest absolute Gasteiger partial charge is 0.355 e. The Morgan fingerprint density at radius 1 is 1.31 bits per heavy atom. The number of pyridine rings is 1. The Kier molecular flexibility index (Phi) is 3.35. The summed E-state index contributed by atoms with van der Waals surface area (Å²) in [6.07, 6.45) is 8.52. The van der Waals surface area contributed by atoms with Crippen molar-refractivity contribution in [1.82, 2.24) is 4.98 Å². The van der Waals surface area contributed by atoms with Crippen molar-refractivity contribution in [2.75, 3.05) is 0 Å². The molecular weight excluding hydrogens is 195 g/mol. The molecule has 0 unspecified atom stereocenters. The van der Waals surface area contributed by atoms with Gasteiger partial charge >= 0.3 is 0 Å². The second-order valence-electron chi connectivity index (χ2n) is 3.86. The molecule has 2 rings (SSSR count). The van der Waals surface area contributed by atoms with Crippen LogP contribution < -0.4 is 0 Å². The fraction of sp³-hybridized carbons (Fsp3) is 0.231. The number of hydrogen-bond acceptors (Lipinski definition) is 2. The highest BCUT2D eigenvalue weighted by Gasteiger charge is 2.07. The third kappa shape index (κ3) is 2.30. The molecule has 0 N–H and O–H groups in total. The summed E-state index contributed by atoms with van der Waals surface area (Å²) in [5.41, 5.74) is 4.77.